The van der Waals surface area contributed by atoms with Gasteiger partial charge in [-0.2, -0.15) is 5.10 Å². The van der Waals surface area contributed by atoms with E-state index in [1.165, 1.54) is 17.8 Å². The lowest BCUT2D eigenvalue weighted by atomic mass is 10.2. The number of halogens is 1. The number of β-amino-alcohol motifs (C(OH)–C–C–N with tert-alkyl or cyclic N) is 1. The van der Waals surface area contributed by atoms with Crippen LogP contribution in [0.15, 0.2) is 30.3 Å². The summed E-state index contributed by atoms with van der Waals surface area (Å²) in [5.41, 5.74) is 2.21. The molecule has 0 unspecified atom stereocenters. The van der Waals surface area contributed by atoms with Gasteiger partial charge in [0.2, 0.25) is 0 Å². The summed E-state index contributed by atoms with van der Waals surface area (Å²) in [6.45, 7) is 6.69. The standard InChI is InChI=1S/C19H26FN3O2/c1-14-10-15(2)23(21-14)11-17-4-3-9-22(17)12-18(24)13-25-19-7-5-16(20)6-8-19/h5-8,10,17-18,24H,3-4,9,11-13H2,1-2H3/t17-,18-/m1/s1. The molecule has 1 aliphatic heterocycles. The van der Waals surface area contributed by atoms with Crippen molar-refractivity contribution in [2.45, 2.75) is 45.4 Å². The number of hydrogen-bond donors (Lipinski definition) is 1. The van der Waals surface area contributed by atoms with Crippen LogP contribution in [0.5, 0.6) is 5.75 Å². The third kappa shape index (κ3) is 4.80. The maximum absolute atomic E-state index is 12.9. The molecule has 5 nitrogen and oxygen atoms in total. The van der Waals surface area contributed by atoms with Crippen molar-refractivity contribution in [2.24, 2.45) is 0 Å². The first kappa shape index (κ1) is 17.9. The molecule has 1 N–H and O–H groups in total. The van der Waals surface area contributed by atoms with Crippen LogP contribution in [-0.4, -0.2) is 51.6 Å². The van der Waals surface area contributed by atoms with Gasteiger partial charge < -0.3 is 9.84 Å². The molecular formula is C19H26FN3O2. The number of rotatable bonds is 7. The topological polar surface area (TPSA) is 50.5 Å². The lowest BCUT2D eigenvalue weighted by molar-refractivity contribution is 0.0608. The molecule has 1 fully saturated rings. The molecule has 1 saturated heterocycles. The summed E-state index contributed by atoms with van der Waals surface area (Å²) in [4.78, 5) is 2.31. The average molecular weight is 347 g/mol. The fourth-order valence-electron chi connectivity index (χ4n) is 3.45. The number of aliphatic hydroxyl groups excluding tert-OH is 1. The van der Waals surface area contributed by atoms with E-state index in [2.05, 4.69) is 27.7 Å². The van der Waals surface area contributed by atoms with Gasteiger partial charge in [-0.3, -0.25) is 9.58 Å². The Morgan fingerprint density at radius 3 is 2.76 bits per heavy atom. The smallest absolute Gasteiger partial charge is 0.123 e. The van der Waals surface area contributed by atoms with Gasteiger partial charge in [0.15, 0.2) is 0 Å². The van der Waals surface area contributed by atoms with Gasteiger partial charge in [-0.15, -0.1) is 0 Å². The molecule has 1 aliphatic rings. The minimum Gasteiger partial charge on any atom is -0.491 e. The van der Waals surface area contributed by atoms with Gasteiger partial charge in [0, 0.05) is 18.3 Å². The highest BCUT2D eigenvalue weighted by atomic mass is 19.1. The van der Waals surface area contributed by atoms with Crippen LogP contribution < -0.4 is 4.74 Å². The second-order valence-corrected chi connectivity index (χ2v) is 6.82. The van der Waals surface area contributed by atoms with E-state index in [-0.39, 0.29) is 12.4 Å². The van der Waals surface area contributed by atoms with Gasteiger partial charge >= 0.3 is 0 Å². The van der Waals surface area contributed by atoms with Crippen molar-refractivity contribution < 1.29 is 14.2 Å². The summed E-state index contributed by atoms with van der Waals surface area (Å²) in [5.74, 6) is 0.276. The zero-order chi connectivity index (χ0) is 17.8. The molecule has 0 aliphatic carbocycles. The summed E-state index contributed by atoms with van der Waals surface area (Å²) < 4.78 is 20.5. The van der Waals surface area contributed by atoms with Crippen molar-refractivity contribution in [1.82, 2.24) is 14.7 Å². The number of aryl methyl sites for hydroxylation is 2. The van der Waals surface area contributed by atoms with Crippen LogP contribution in [-0.2, 0) is 6.54 Å². The molecule has 2 atom stereocenters. The second kappa shape index (κ2) is 7.97. The van der Waals surface area contributed by atoms with Crippen molar-refractivity contribution in [2.75, 3.05) is 19.7 Å². The molecule has 6 heteroatoms. The monoisotopic (exact) mass is 347 g/mol. The van der Waals surface area contributed by atoms with E-state index in [4.69, 9.17) is 4.74 Å². The van der Waals surface area contributed by atoms with E-state index in [1.807, 2.05) is 6.92 Å². The summed E-state index contributed by atoms with van der Waals surface area (Å²) >= 11 is 0. The Kier molecular flexibility index (Phi) is 5.71. The number of likely N-dealkylation sites (tertiary alicyclic amines) is 1. The van der Waals surface area contributed by atoms with Gasteiger partial charge in [-0.25, -0.2) is 4.39 Å². The minimum absolute atomic E-state index is 0.203. The quantitative estimate of drug-likeness (QED) is 0.836. The van der Waals surface area contributed by atoms with Crippen LogP contribution >= 0.6 is 0 Å². The van der Waals surface area contributed by atoms with Gasteiger partial charge in [-0.05, 0) is 63.6 Å². The maximum atomic E-state index is 12.9. The first-order valence-corrected chi connectivity index (χ1v) is 8.83. The summed E-state index contributed by atoms with van der Waals surface area (Å²) in [5, 5.41) is 14.8. The van der Waals surface area contributed by atoms with Crippen LogP contribution in [0.1, 0.15) is 24.2 Å². The van der Waals surface area contributed by atoms with Crippen molar-refractivity contribution >= 4 is 0 Å². The van der Waals surface area contributed by atoms with E-state index in [0.29, 0.717) is 18.3 Å². The normalized spacial score (nSPS) is 19.3. The Morgan fingerprint density at radius 2 is 2.08 bits per heavy atom. The van der Waals surface area contributed by atoms with E-state index in [1.54, 1.807) is 12.1 Å². The number of aromatic nitrogens is 2. The van der Waals surface area contributed by atoms with Crippen molar-refractivity contribution in [1.29, 1.82) is 0 Å². The van der Waals surface area contributed by atoms with Crippen LogP contribution in [0.25, 0.3) is 0 Å². The molecule has 2 aromatic rings. The molecule has 0 saturated carbocycles. The van der Waals surface area contributed by atoms with E-state index in [0.717, 1.165) is 31.6 Å². The largest absolute Gasteiger partial charge is 0.491 e. The number of hydrogen-bond acceptors (Lipinski definition) is 4. The molecule has 136 valence electrons. The number of ether oxygens (including phenoxy) is 1. The Labute approximate surface area is 148 Å². The SMILES string of the molecule is Cc1cc(C)n(C[C@H]2CCCN2C[C@@H](O)COc2ccc(F)cc2)n1. The molecule has 3 rings (SSSR count). The van der Waals surface area contributed by atoms with Crippen LogP contribution in [0.3, 0.4) is 0 Å². The Balaban J connectivity index is 1.50. The highest BCUT2D eigenvalue weighted by molar-refractivity contribution is 5.22. The molecule has 0 amide bonds. The summed E-state index contributed by atoms with van der Waals surface area (Å²) in [6.07, 6.45) is 1.67. The first-order valence-electron chi connectivity index (χ1n) is 8.83. The van der Waals surface area contributed by atoms with Crippen LogP contribution in [0.4, 0.5) is 4.39 Å². The summed E-state index contributed by atoms with van der Waals surface area (Å²) in [6, 6.07) is 8.33. The Bertz CT molecular complexity index is 686. The second-order valence-electron chi connectivity index (χ2n) is 6.82. The van der Waals surface area contributed by atoms with Gasteiger partial charge in [0.1, 0.15) is 24.3 Å². The predicted molar refractivity (Wildman–Crippen MR) is 94.2 cm³/mol. The minimum atomic E-state index is -0.578. The zero-order valence-electron chi connectivity index (χ0n) is 14.9. The molecule has 0 radical (unpaired) electrons. The lowest BCUT2D eigenvalue weighted by Crippen LogP contribution is -2.40. The van der Waals surface area contributed by atoms with E-state index < -0.39 is 6.10 Å². The molecule has 2 heterocycles. The Hall–Kier alpha value is -1.92. The lowest BCUT2D eigenvalue weighted by Gasteiger charge is -2.27. The Morgan fingerprint density at radius 1 is 1.32 bits per heavy atom. The number of benzene rings is 1. The molecule has 25 heavy (non-hydrogen) atoms. The van der Waals surface area contributed by atoms with E-state index >= 15 is 0 Å². The number of nitrogens with zero attached hydrogens (tertiary/aromatic N) is 3. The molecule has 1 aromatic carbocycles. The van der Waals surface area contributed by atoms with Crippen LogP contribution in [0.2, 0.25) is 0 Å². The van der Waals surface area contributed by atoms with Crippen molar-refractivity contribution in [3.8, 4) is 5.75 Å². The molecular weight excluding hydrogens is 321 g/mol. The fourth-order valence-corrected chi connectivity index (χ4v) is 3.45. The zero-order valence-corrected chi connectivity index (χ0v) is 14.9. The maximum Gasteiger partial charge on any atom is 0.123 e. The predicted octanol–water partition coefficient (Wildman–Crippen LogP) is 2.54. The van der Waals surface area contributed by atoms with Crippen LogP contribution in [0, 0.1) is 19.7 Å². The third-order valence-corrected chi connectivity index (χ3v) is 4.69. The molecule has 1 aromatic heterocycles. The highest BCUT2D eigenvalue weighted by Gasteiger charge is 2.27. The number of aliphatic hydroxyl groups is 1. The summed E-state index contributed by atoms with van der Waals surface area (Å²) in [7, 11) is 0. The highest BCUT2D eigenvalue weighted by Crippen LogP contribution is 2.20. The molecule has 0 spiro atoms. The van der Waals surface area contributed by atoms with Gasteiger partial charge in [0.05, 0.1) is 12.2 Å². The van der Waals surface area contributed by atoms with E-state index in [9.17, 15) is 9.50 Å². The first-order chi connectivity index (χ1) is 12.0. The van der Waals surface area contributed by atoms with Crippen molar-refractivity contribution in [3.05, 3.63) is 47.5 Å². The van der Waals surface area contributed by atoms with Gasteiger partial charge in [-0.1, -0.05) is 0 Å². The van der Waals surface area contributed by atoms with Crippen molar-refractivity contribution in [3.63, 3.8) is 0 Å². The molecule has 0 bridgehead atoms. The van der Waals surface area contributed by atoms with Gasteiger partial charge in [0.25, 0.3) is 0 Å². The third-order valence-electron chi connectivity index (χ3n) is 4.69. The fraction of sp³-hybridized carbons (Fsp3) is 0.526. The average Bonchev–Trinajstić information content (AvgIpc) is 3.13.